The van der Waals surface area contributed by atoms with Crippen molar-refractivity contribution in [3.63, 3.8) is 0 Å². The standard InChI is InChI=1S/C23H23ClFN3O5/c24-17-4-2-1-3-16(17)19-7-8-21(23(30)31)27(19)22(29)14-9-11-26(12-10-14)20-6-5-15(28(32)33)13-18(20)25/h1-6,13-14,19,21H,7-12H2,(H,30,31)/t19?,21-/m0/s1. The highest BCUT2D eigenvalue weighted by molar-refractivity contribution is 6.31. The second-order valence-corrected chi connectivity index (χ2v) is 8.78. The molecule has 0 radical (unpaired) electrons. The largest absolute Gasteiger partial charge is 0.480 e. The van der Waals surface area contributed by atoms with Crippen molar-refractivity contribution in [3.05, 3.63) is 69.0 Å². The van der Waals surface area contributed by atoms with E-state index in [9.17, 15) is 29.2 Å². The molecule has 0 saturated carbocycles. The van der Waals surface area contributed by atoms with Gasteiger partial charge in [0.1, 0.15) is 6.04 Å². The summed E-state index contributed by atoms with van der Waals surface area (Å²) in [5, 5.41) is 21.1. The van der Waals surface area contributed by atoms with Crippen LogP contribution in [-0.4, -0.2) is 45.9 Å². The highest BCUT2D eigenvalue weighted by Gasteiger charge is 2.44. The molecule has 174 valence electrons. The van der Waals surface area contributed by atoms with Gasteiger partial charge in [0.05, 0.1) is 22.7 Å². The Bertz CT molecular complexity index is 1090. The number of nitro benzene ring substituents is 1. The molecule has 8 nitrogen and oxygen atoms in total. The molecule has 2 aromatic carbocycles. The lowest BCUT2D eigenvalue weighted by Crippen LogP contribution is -2.47. The molecule has 2 aliphatic rings. The van der Waals surface area contributed by atoms with Crippen LogP contribution in [0.4, 0.5) is 15.8 Å². The number of nitro groups is 1. The van der Waals surface area contributed by atoms with E-state index in [0.29, 0.717) is 43.8 Å². The minimum atomic E-state index is -1.04. The van der Waals surface area contributed by atoms with Crippen LogP contribution in [0.1, 0.15) is 37.3 Å². The van der Waals surface area contributed by atoms with E-state index in [0.717, 1.165) is 11.6 Å². The lowest BCUT2D eigenvalue weighted by molar-refractivity contribution is -0.385. The Kier molecular flexibility index (Phi) is 6.51. The molecule has 0 spiro atoms. The van der Waals surface area contributed by atoms with Gasteiger partial charge in [-0.05, 0) is 43.4 Å². The monoisotopic (exact) mass is 475 g/mol. The van der Waals surface area contributed by atoms with Crippen LogP contribution in [0.25, 0.3) is 0 Å². The number of piperidine rings is 1. The minimum Gasteiger partial charge on any atom is -0.480 e. The van der Waals surface area contributed by atoms with E-state index in [-0.39, 0.29) is 17.3 Å². The number of carboxylic acid groups (broad SMARTS) is 1. The Morgan fingerprint density at radius 1 is 1.09 bits per heavy atom. The smallest absolute Gasteiger partial charge is 0.326 e. The van der Waals surface area contributed by atoms with Crippen molar-refractivity contribution in [1.29, 1.82) is 0 Å². The molecule has 0 aliphatic carbocycles. The number of amides is 1. The molecule has 10 heteroatoms. The summed E-state index contributed by atoms with van der Waals surface area (Å²) in [6, 6.07) is 9.35. The SMILES string of the molecule is O=C(O)[C@@H]1CCC(c2ccccc2Cl)N1C(=O)C1CCN(c2ccc([N+](=O)[O-])cc2F)CC1. The normalized spacial score (nSPS) is 21.3. The second-order valence-electron chi connectivity index (χ2n) is 8.37. The maximum Gasteiger partial charge on any atom is 0.326 e. The summed E-state index contributed by atoms with van der Waals surface area (Å²) in [6.45, 7) is 0.765. The predicted octanol–water partition coefficient (Wildman–Crippen LogP) is 4.42. The molecule has 2 saturated heterocycles. The summed E-state index contributed by atoms with van der Waals surface area (Å²) in [5.74, 6) is -2.34. The average Bonchev–Trinajstić information content (AvgIpc) is 3.24. The van der Waals surface area contributed by atoms with E-state index < -0.39 is 34.7 Å². The molecule has 2 heterocycles. The summed E-state index contributed by atoms with van der Waals surface area (Å²) in [4.78, 5) is 38.8. The van der Waals surface area contributed by atoms with E-state index in [4.69, 9.17) is 11.6 Å². The molecule has 33 heavy (non-hydrogen) atoms. The fraction of sp³-hybridized carbons (Fsp3) is 0.391. The molecular weight excluding hydrogens is 453 g/mol. The molecule has 4 rings (SSSR count). The van der Waals surface area contributed by atoms with Gasteiger partial charge in [-0.1, -0.05) is 29.8 Å². The fourth-order valence-electron chi connectivity index (χ4n) is 4.86. The first-order valence-corrected chi connectivity index (χ1v) is 11.1. The number of hydrogen-bond acceptors (Lipinski definition) is 5. The van der Waals surface area contributed by atoms with Crippen LogP contribution in [0.3, 0.4) is 0 Å². The molecule has 2 atom stereocenters. The number of rotatable bonds is 5. The van der Waals surface area contributed by atoms with Crippen LogP contribution >= 0.6 is 11.6 Å². The van der Waals surface area contributed by atoms with Gasteiger partial charge >= 0.3 is 5.97 Å². The number of hydrogen-bond donors (Lipinski definition) is 1. The average molecular weight is 476 g/mol. The van der Waals surface area contributed by atoms with Gasteiger partial charge in [-0.25, -0.2) is 9.18 Å². The van der Waals surface area contributed by atoms with E-state index in [2.05, 4.69) is 0 Å². The maximum atomic E-state index is 14.4. The third kappa shape index (κ3) is 4.50. The first-order valence-electron chi connectivity index (χ1n) is 10.8. The van der Waals surface area contributed by atoms with E-state index >= 15 is 0 Å². The van der Waals surface area contributed by atoms with Crippen molar-refractivity contribution in [2.45, 2.75) is 37.8 Å². The lowest BCUT2D eigenvalue weighted by Gasteiger charge is -2.37. The van der Waals surface area contributed by atoms with Gasteiger partial charge in [0.15, 0.2) is 5.82 Å². The molecule has 0 aromatic heterocycles. The molecule has 2 aliphatic heterocycles. The van der Waals surface area contributed by atoms with Gasteiger partial charge < -0.3 is 14.9 Å². The quantitative estimate of drug-likeness (QED) is 0.507. The zero-order valence-electron chi connectivity index (χ0n) is 17.7. The Labute approximate surface area is 194 Å². The van der Waals surface area contributed by atoms with E-state index in [1.807, 2.05) is 12.1 Å². The first kappa shape index (κ1) is 23.0. The topological polar surface area (TPSA) is 104 Å². The Morgan fingerprint density at radius 3 is 2.39 bits per heavy atom. The number of carbonyl (C=O) groups excluding carboxylic acids is 1. The molecule has 1 amide bonds. The van der Waals surface area contributed by atoms with Crippen molar-refractivity contribution < 1.29 is 24.0 Å². The van der Waals surface area contributed by atoms with Crippen LogP contribution in [-0.2, 0) is 9.59 Å². The molecule has 1 unspecified atom stereocenters. The Morgan fingerprint density at radius 2 is 1.79 bits per heavy atom. The fourth-order valence-corrected chi connectivity index (χ4v) is 5.12. The van der Waals surface area contributed by atoms with Crippen LogP contribution in [0, 0.1) is 21.8 Å². The van der Waals surface area contributed by atoms with Gasteiger partial charge in [0.25, 0.3) is 5.69 Å². The number of anilines is 1. The number of non-ortho nitro benzene ring substituents is 1. The van der Waals surface area contributed by atoms with Crippen LogP contribution in [0.5, 0.6) is 0 Å². The summed E-state index contributed by atoms with van der Waals surface area (Å²) < 4.78 is 14.4. The third-order valence-corrected chi connectivity index (χ3v) is 6.86. The van der Waals surface area contributed by atoms with Gasteiger partial charge in [-0.2, -0.15) is 0 Å². The number of carboxylic acids is 1. The molecule has 1 N–H and O–H groups in total. The zero-order chi connectivity index (χ0) is 23.7. The second kappa shape index (κ2) is 9.35. The molecule has 2 aromatic rings. The summed E-state index contributed by atoms with van der Waals surface area (Å²) >= 11 is 6.35. The number of carbonyl (C=O) groups is 2. The van der Waals surface area contributed by atoms with E-state index in [1.54, 1.807) is 17.0 Å². The number of halogens is 2. The van der Waals surface area contributed by atoms with Gasteiger partial charge in [-0.3, -0.25) is 14.9 Å². The first-order chi connectivity index (χ1) is 15.8. The zero-order valence-corrected chi connectivity index (χ0v) is 18.4. The summed E-state index contributed by atoms with van der Waals surface area (Å²) in [5.41, 5.74) is 0.673. The van der Waals surface area contributed by atoms with Crippen molar-refractivity contribution in [2.75, 3.05) is 18.0 Å². The Balaban J connectivity index is 1.50. The van der Waals surface area contributed by atoms with Crippen molar-refractivity contribution in [1.82, 2.24) is 4.90 Å². The van der Waals surface area contributed by atoms with Gasteiger partial charge in [0.2, 0.25) is 5.91 Å². The number of likely N-dealkylation sites (tertiary alicyclic amines) is 1. The number of nitrogens with zero attached hydrogens (tertiary/aromatic N) is 3. The van der Waals surface area contributed by atoms with Crippen LogP contribution in [0.15, 0.2) is 42.5 Å². The molecular formula is C23H23ClFN3O5. The lowest BCUT2D eigenvalue weighted by atomic mass is 9.93. The van der Waals surface area contributed by atoms with Crippen molar-refractivity contribution >= 4 is 34.9 Å². The highest BCUT2D eigenvalue weighted by atomic mass is 35.5. The Hall–Kier alpha value is -3.20. The van der Waals surface area contributed by atoms with Crippen molar-refractivity contribution in [3.8, 4) is 0 Å². The molecule has 2 fully saturated rings. The molecule has 0 bridgehead atoms. The summed E-state index contributed by atoms with van der Waals surface area (Å²) in [6.07, 6.45) is 1.71. The predicted molar refractivity (Wildman–Crippen MR) is 120 cm³/mol. The minimum absolute atomic E-state index is 0.228. The maximum absolute atomic E-state index is 14.4. The third-order valence-electron chi connectivity index (χ3n) is 6.52. The summed E-state index contributed by atoms with van der Waals surface area (Å²) in [7, 11) is 0. The van der Waals surface area contributed by atoms with Crippen molar-refractivity contribution in [2.24, 2.45) is 5.92 Å². The van der Waals surface area contributed by atoms with Gasteiger partial charge in [-0.15, -0.1) is 0 Å². The van der Waals surface area contributed by atoms with E-state index in [1.165, 1.54) is 17.0 Å². The van der Waals surface area contributed by atoms with Gasteiger partial charge in [0, 0.05) is 30.1 Å². The van der Waals surface area contributed by atoms with Crippen LogP contribution < -0.4 is 4.90 Å². The highest BCUT2D eigenvalue weighted by Crippen LogP contribution is 2.41. The number of benzene rings is 2. The van der Waals surface area contributed by atoms with Crippen LogP contribution in [0.2, 0.25) is 5.02 Å². The number of aliphatic carboxylic acids is 1.